The molecule has 1 nitrogen and oxygen atoms in total. The molecule has 0 saturated carbocycles. The maximum Gasteiger partial charge on any atom is -0.00226 e. The molecule has 78 valence electrons. The van der Waals surface area contributed by atoms with Crippen LogP contribution in [0.15, 0.2) is 18.2 Å². The molecule has 0 fully saturated rings. The second-order valence-electron chi connectivity index (χ2n) is 5.04. The predicted molar refractivity (Wildman–Crippen MR) is 62.5 cm³/mol. The minimum Gasteiger partial charge on any atom is -0.330 e. The smallest absolute Gasteiger partial charge is 0.00226 e. The van der Waals surface area contributed by atoms with Crippen molar-refractivity contribution in [2.75, 3.05) is 6.54 Å². The molecule has 0 atom stereocenters. The molecule has 0 amide bonds. The molecular formula is C13H21N. The molecule has 0 aromatic heterocycles. The van der Waals surface area contributed by atoms with Gasteiger partial charge < -0.3 is 5.73 Å². The summed E-state index contributed by atoms with van der Waals surface area (Å²) in [5.41, 5.74) is 10.0. The Morgan fingerprint density at radius 1 is 1.07 bits per heavy atom. The van der Waals surface area contributed by atoms with Gasteiger partial charge in [0.1, 0.15) is 0 Å². The normalized spacial score (nSPS) is 11.8. The van der Waals surface area contributed by atoms with Crippen LogP contribution < -0.4 is 5.73 Å². The lowest BCUT2D eigenvalue weighted by Gasteiger charge is -2.22. The van der Waals surface area contributed by atoms with E-state index >= 15 is 0 Å². The van der Waals surface area contributed by atoms with E-state index in [4.69, 9.17) is 5.73 Å². The summed E-state index contributed by atoms with van der Waals surface area (Å²) in [6.45, 7) is 9.45. The summed E-state index contributed by atoms with van der Waals surface area (Å²) in [6.07, 6.45) is 1.06. The van der Waals surface area contributed by atoms with Crippen molar-refractivity contribution in [3.05, 3.63) is 34.9 Å². The molecular weight excluding hydrogens is 170 g/mol. The lowest BCUT2D eigenvalue weighted by atomic mass is 9.85. The van der Waals surface area contributed by atoms with Gasteiger partial charge in [0.2, 0.25) is 0 Å². The van der Waals surface area contributed by atoms with E-state index in [0.717, 1.165) is 13.0 Å². The Kier molecular flexibility index (Phi) is 3.33. The number of hydrogen-bond donors (Lipinski definition) is 1. The summed E-state index contributed by atoms with van der Waals surface area (Å²) in [5, 5.41) is 0. The molecule has 0 aliphatic carbocycles. The van der Waals surface area contributed by atoms with Crippen LogP contribution in [-0.2, 0) is 6.42 Å². The molecule has 2 N–H and O–H groups in total. The fraction of sp³-hybridized carbons (Fsp3) is 0.538. The van der Waals surface area contributed by atoms with Gasteiger partial charge in [-0.25, -0.2) is 0 Å². The Morgan fingerprint density at radius 3 is 2.00 bits per heavy atom. The van der Waals surface area contributed by atoms with Crippen LogP contribution in [0.3, 0.4) is 0 Å². The molecule has 1 heteroatoms. The Labute approximate surface area is 87.3 Å². The Bertz CT molecular complexity index is 293. The van der Waals surface area contributed by atoms with Crippen LogP contribution >= 0.6 is 0 Å². The summed E-state index contributed by atoms with van der Waals surface area (Å²) < 4.78 is 0. The maximum atomic E-state index is 5.73. The SMILES string of the molecule is Cc1cc(C)cc(CC(C)(C)CN)c1. The van der Waals surface area contributed by atoms with Crippen molar-refractivity contribution in [1.82, 2.24) is 0 Å². The topological polar surface area (TPSA) is 26.0 Å². The zero-order valence-corrected chi connectivity index (χ0v) is 9.72. The minimum absolute atomic E-state index is 0.209. The van der Waals surface area contributed by atoms with E-state index < -0.39 is 0 Å². The molecule has 1 aromatic carbocycles. The molecule has 0 aliphatic rings. The van der Waals surface area contributed by atoms with Crippen LogP contribution in [0.25, 0.3) is 0 Å². The number of hydrogen-bond acceptors (Lipinski definition) is 1. The van der Waals surface area contributed by atoms with E-state index in [1.165, 1.54) is 16.7 Å². The van der Waals surface area contributed by atoms with Gasteiger partial charge >= 0.3 is 0 Å². The van der Waals surface area contributed by atoms with Crippen LogP contribution in [0.5, 0.6) is 0 Å². The molecule has 0 bridgehead atoms. The Hall–Kier alpha value is -0.820. The molecule has 0 aliphatic heterocycles. The van der Waals surface area contributed by atoms with Crippen LogP contribution in [0, 0.1) is 19.3 Å². The van der Waals surface area contributed by atoms with Gasteiger partial charge in [-0.3, -0.25) is 0 Å². The van der Waals surface area contributed by atoms with E-state index in [1.54, 1.807) is 0 Å². The van der Waals surface area contributed by atoms with Gasteiger partial charge in [-0.15, -0.1) is 0 Å². The zero-order chi connectivity index (χ0) is 10.8. The average Bonchev–Trinajstić information content (AvgIpc) is 2.01. The highest BCUT2D eigenvalue weighted by atomic mass is 14.6. The van der Waals surface area contributed by atoms with E-state index in [2.05, 4.69) is 45.9 Å². The lowest BCUT2D eigenvalue weighted by molar-refractivity contribution is 0.376. The largest absolute Gasteiger partial charge is 0.330 e. The minimum atomic E-state index is 0.209. The van der Waals surface area contributed by atoms with E-state index in [9.17, 15) is 0 Å². The molecule has 14 heavy (non-hydrogen) atoms. The van der Waals surface area contributed by atoms with Crippen molar-refractivity contribution >= 4 is 0 Å². The van der Waals surface area contributed by atoms with Crippen LogP contribution in [0.2, 0.25) is 0 Å². The van der Waals surface area contributed by atoms with Crippen molar-refractivity contribution in [3.8, 4) is 0 Å². The van der Waals surface area contributed by atoms with Gasteiger partial charge in [0.05, 0.1) is 0 Å². The van der Waals surface area contributed by atoms with Crippen LogP contribution in [0.4, 0.5) is 0 Å². The first-order valence-electron chi connectivity index (χ1n) is 5.20. The molecule has 1 rings (SSSR count). The van der Waals surface area contributed by atoms with E-state index in [0.29, 0.717) is 0 Å². The van der Waals surface area contributed by atoms with Crippen molar-refractivity contribution in [2.24, 2.45) is 11.1 Å². The number of nitrogens with two attached hydrogens (primary N) is 1. The third-order valence-corrected chi connectivity index (χ3v) is 2.52. The average molecular weight is 191 g/mol. The molecule has 0 saturated heterocycles. The lowest BCUT2D eigenvalue weighted by Crippen LogP contribution is -2.25. The third kappa shape index (κ3) is 3.15. The quantitative estimate of drug-likeness (QED) is 0.781. The maximum absolute atomic E-state index is 5.73. The van der Waals surface area contributed by atoms with Gasteiger partial charge in [-0.1, -0.05) is 43.2 Å². The van der Waals surface area contributed by atoms with Crippen LogP contribution in [0.1, 0.15) is 30.5 Å². The van der Waals surface area contributed by atoms with Crippen molar-refractivity contribution < 1.29 is 0 Å². The fourth-order valence-electron chi connectivity index (χ4n) is 1.80. The first kappa shape index (κ1) is 11.3. The molecule has 0 unspecified atom stereocenters. The van der Waals surface area contributed by atoms with Crippen molar-refractivity contribution in [2.45, 2.75) is 34.1 Å². The number of rotatable bonds is 3. The number of benzene rings is 1. The summed E-state index contributed by atoms with van der Waals surface area (Å²) in [6, 6.07) is 6.72. The summed E-state index contributed by atoms with van der Waals surface area (Å²) in [4.78, 5) is 0. The fourth-order valence-corrected chi connectivity index (χ4v) is 1.80. The van der Waals surface area contributed by atoms with Crippen molar-refractivity contribution in [3.63, 3.8) is 0 Å². The third-order valence-electron chi connectivity index (χ3n) is 2.52. The highest BCUT2D eigenvalue weighted by Gasteiger charge is 2.16. The molecule has 1 aromatic rings. The van der Waals surface area contributed by atoms with Gasteiger partial charge in [0.15, 0.2) is 0 Å². The highest BCUT2D eigenvalue weighted by Crippen LogP contribution is 2.21. The molecule has 0 radical (unpaired) electrons. The standard InChI is InChI=1S/C13H21N/c1-10-5-11(2)7-12(6-10)8-13(3,4)9-14/h5-7H,8-9,14H2,1-4H3. The zero-order valence-electron chi connectivity index (χ0n) is 9.72. The first-order valence-corrected chi connectivity index (χ1v) is 5.20. The first-order chi connectivity index (χ1) is 6.43. The Balaban J connectivity index is 2.87. The van der Waals surface area contributed by atoms with Gasteiger partial charge in [0, 0.05) is 0 Å². The van der Waals surface area contributed by atoms with Crippen molar-refractivity contribution in [1.29, 1.82) is 0 Å². The highest BCUT2D eigenvalue weighted by molar-refractivity contribution is 5.29. The monoisotopic (exact) mass is 191 g/mol. The second-order valence-corrected chi connectivity index (χ2v) is 5.04. The summed E-state index contributed by atoms with van der Waals surface area (Å²) >= 11 is 0. The second kappa shape index (κ2) is 4.14. The van der Waals surface area contributed by atoms with E-state index in [1.807, 2.05) is 0 Å². The molecule has 0 heterocycles. The van der Waals surface area contributed by atoms with Crippen LogP contribution in [-0.4, -0.2) is 6.54 Å². The Morgan fingerprint density at radius 2 is 1.57 bits per heavy atom. The summed E-state index contributed by atoms with van der Waals surface area (Å²) in [5.74, 6) is 0. The van der Waals surface area contributed by atoms with Gasteiger partial charge in [-0.05, 0) is 37.8 Å². The van der Waals surface area contributed by atoms with Gasteiger partial charge in [0.25, 0.3) is 0 Å². The van der Waals surface area contributed by atoms with E-state index in [-0.39, 0.29) is 5.41 Å². The molecule has 0 spiro atoms. The van der Waals surface area contributed by atoms with Gasteiger partial charge in [-0.2, -0.15) is 0 Å². The summed E-state index contributed by atoms with van der Waals surface area (Å²) in [7, 11) is 0. The number of aryl methyl sites for hydroxylation is 2. The predicted octanol–water partition coefficient (Wildman–Crippen LogP) is 2.83.